The van der Waals surface area contributed by atoms with Gasteiger partial charge in [0, 0.05) is 0 Å². The molecule has 0 amide bonds. The molecule has 0 unspecified atom stereocenters. The van der Waals surface area contributed by atoms with Crippen LogP contribution < -0.4 is 0 Å². The molecule has 1 rings (SSSR count). The van der Waals surface area contributed by atoms with E-state index < -0.39 is 25.3 Å². The molecule has 0 bridgehead atoms. The van der Waals surface area contributed by atoms with E-state index in [0.717, 1.165) is 5.56 Å². The Hall–Kier alpha value is 0.333. The van der Waals surface area contributed by atoms with Gasteiger partial charge in [0.2, 0.25) is 0 Å². The van der Waals surface area contributed by atoms with Gasteiger partial charge in [0.05, 0.1) is 4.90 Å². The molecule has 14 heavy (non-hydrogen) atoms. The van der Waals surface area contributed by atoms with Crippen LogP contribution in [-0.2, 0) is 25.3 Å². The fourth-order valence-corrected chi connectivity index (χ4v) is 1.19. The van der Waals surface area contributed by atoms with Crippen molar-refractivity contribution < 1.29 is 28.1 Å². The Labute approximate surface area is 98.8 Å². The van der Waals surface area contributed by atoms with Crippen molar-refractivity contribution in [3.05, 3.63) is 29.8 Å². The predicted molar refractivity (Wildman–Crippen MR) is 52.7 cm³/mol. The normalized spacial score (nSPS) is 9.71. The monoisotopic (exact) mass is 306 g/mol. The zero-order valence-electron chi connectivity index (χ0n) is 7.44. The fraction of sp³-hybridized carbons (Fsp3) is 0.143. The number of aryl methyl sites for hydroxylation is 1. The van der Waals surface area contributed by atoms with E-state index in [2.05, 4.69) is 0 Å². The number of benzene rings is 1. The van der Waals surface area contributed by atoms with Crippen molar-refractivity contribution in [2.24, 2.45) is 0 Å². The molecule has 0 aliphatic carbocycles. The van der Waals surface area contributed by atoms with E-state index in [9.17, 15) is 8.42 Å². The van der Waals surface area contributed by atoms with Crippen molar-refractivity contribution in [3.63, 3.8) is 0 Å². The minimum atomic E-state index is -4.02. The first-order valence-corrected chi connectivity index (χ1v) is 12.8. The number of halogens is 2. The Kier molecular flexibility index (Phi) is 6.91. The first kappa shape index (κ1) is 14.3. The maximum absolute atomic E-state index is 10.5. The average Bonchev–Trinajstić information content (AvgIpc) is 2.04. The van der Waals surface area contributed by atoms with Gasteiger partial charge >= 0.3 is 34.5 Å². The van der Waals surface area contributed by atoms with Crippen molar-refractivity contribution >= 4 is 29.5 Å². The van der Waals surface area contributed by atoms with Crippen LogP contribution in [0.25, 0.3) is 0 Å². The van der Waals surface area contributed by atoms with Gasteiger partial charge in [-0.3, -0.25) is 4.55 Å². The molecule has 0 aliphatic rings. The number of hydrogen-bond acceptors (Lipinski definition) is 2. The second kappa shape index (κ2) is 6.75. The molecular formula is C7H8Cl2O3SZn. The third-order valence-corrected chi connectivity index (χ3v) is 2.19. The third-order valence-electron chi connectivity index (χ3n) is 1.32. The second-order valence-corrected chi connectivity index (χ2v) is 8.43. The molecule has 0 aromatic heterocycles. The number of hydrogen-bond donors (Lipinski definition) is 1. The van der Waals surface area contributed by atoms with Crippen molar-refractivity contribution in [1.29, 1.82) is 0 Å². The molecule has 1 aromatic rings. The molecule has 0 saturated carbocycles. The van der Waals surface area contributed by atoms with Gasteiger partial charge in [-0.2, -0.15) is 8.42 Å². The Morgan fingerprint density at radius 3 is 1.86 bits per heavy atom. The fourth-order valence-electron chi connectivity index (χ4n) is 0.710. The molecule has 1 N–H and O–H groups in total. The molecule has 0 spiro atoms. The molecule has 0 atom stereocenters. The molecule has 0 radical (unpaired) electrons. The average molecular weight is 309 g/mol. The molecular weight excluding hydrogens is 300 g/mol. The van der Waals surface area contributed by atoms with Crippen LogP contribution in [-0.4, -0.2) is 13.0 Å². The first-order valence-electron chi connectivity index (χ1n) is 3.58. The van der Waals surface area contributed by atoms with Crippen LogP contribution in [0.1, 0.15) is 5.56 Å². The predicted octanol–water partition coefficient (Wildman–Crippen LogP) is 2.62. The summed E-state index contributed by atoms with van der Waals surface area (Å²) < 4.78 is 29.6. The standard InChI is InChI=1S/C7H8O3S.2ClH.Zn/c1-6-2-4-7(5-3-6)11(8,9)10;;;/h2-5H,1H3,(H,8,9,10);2*1H;/q;;;+2/p-2. The van der Waals surface area contributed by atoms with Gasteiger partial charge < -0.3 is 0 Å². The van der Waals surface area contributed by atoms with Crippen LogP contribution in [0.3, 0.4) is 0 Å². The maximum atomic E-state index is 10.5. The second-order valence-electron chi connectivity index (χ2n) is 2.39. The quantitative estimate of drug-likeness (QED) is 0.641. The van der Waals surface area contributed by atoms with Gasteiger partial charge in [0.15, 0.2) is 0 Å². The molecule has 0 saturated heterocycles. The van der Waals surface area contributed by atoms with Crippen molar-refractivity contribution in [1.82, 2.24) is 0 Å². The Morgan fingerprint density at radius 2 is 1.57 bits per heavy atom. The van der Waals surface area contributed by atoms with E-state index in [1.54, 1.807) is 12.1 Å². The molecule has 0 aliphatic heterocycles. The van der Waals surface area contributed by atoms with Gasteiger partial charge in [-0.15, -0.1) is 0 Å². The van der Waals surface area contributed by atoms with E-state index in [1.165, 1.54) is 12.1 Å². The van der Waals surface area contributed by atoms with Crippen molar-refractivity contribution in [2.45, 2.75) is 11.8 Å². The summed E-state index contributed by atoms with van der Waals surface area (Å²) in [6.07, 6.45) is 0. The van der Waals surface area contributed by atoms with Crippen LogP contribution in [0.5, 0.6) is 0 Å². The summed E-state index contributed by atoms with van der Waals surface area (Å²) >= 11 is -0.931. The van der Waals surface area contributed by atoms with Crippen molar-refractivity contribution in [2.75, 3.05) is 0 Å². The van der Waals surface area contributed by atoms with E-state index in [0.29, 0.717) is 0 Å². The van der Waals surface area contributed by atoms with E-state index in [4.69, 9.17) is 23.9 Å². The topological polar surface area (TPSA) is 54.4 Å². The Balaban J connectivity index is 0.000000500. The SMILES string of the molecule is Cc1ccc(S(=O)(=O)O)cc1.[Cl][Zn][Cl]. The van der Waals surface area contributed by atoms with Crippen LogP contribution in [0.2, 0.25) is 0 Å². The van der Waals surface area contributed by atoms with Gasteiger partial charge in [-0.1, -0.05) is 17.7 Å². The summed E-state index contributed by atoms with van der Waals surface area (Å²) in [6, 6.07) is 5.99. The van der Waals surface area contributed by atoms with Crippen LogP contribution in [0.15, 0.2) is 29.2 Å². The summed E-state index contributed by atoms with van der Waals surface area (Å²) in [5, 5.41) is 0. The van der Waals surface area contributed by atoms with Crippen LogP contribution in [0, 0.1) is 6.92 Å². The molecule has 0 fully saturated rings. The Morgan fingerprint density at radius 1 is 1.21 bits per heavy atom. The van der Waals surface area contributed by atoms with Gasteiger partial charge in [0.25, 0.3) is 10.1 Å². The molecule has 0 heterocycles. The summed E-state index contributed by atoms with van der Waals surface area (Å²) in [5.74, 6) is 0. The zero-order valence-corrected chi connectivity index (χ0v) is 12.7. The first-order chi connectivity index (χ1) is 6.41. The summed E-state index contributed by atoms with van der Waals surface area (Å²) in [7, 11) is 5.88. The minimum absolute atomic E-state index is 0.0666. The van der Waals surface area contributed by atoms with Crippen LogP contribution in [0.4, 0.5) is 0 Å². The number of rotatable bonds is 1. The van der Waals surface area contributed by atoms with Gasteiger partial charge in [-0.25, -0.2) is 0 Å². The van der Waals surface area contributed by atoms with Gasteiger partial charge in [-0.05, 0) is 19.1 Å². The van der Waals surface area contributed by atoms with Gasteiger partial charge in [0.1, 0.15) is 0 Å². The molecule has 3 nitrogen and oxygen atoms in total. The summed E-state index contributed by atoms with van der Waals surface area (Å²) in [4.78, 5) is -0.0666. The summed E-state index contributed by atoms with van der Waals surface area (Å²) in [6.45, 7) is 1.84. The zero-order chi connectivity index (χ0) is 11.2. The van der Waals surface area contributed by atoms with E-state index >= 15 is 0 Å². The van der Waals surface area contributed by atoms with Crippen LogP contribution >= 0.6 is 19.4 Å². The van der Waals surface area contributed by atoms with E-state index in [-0.39, 0.29) is 4.90 Å². The van der Waals surface area contributed by atoms with E-state index in [1.807, 2.05) is 6.92 Å². The molecule has 7 heteroatoms. The Bertz CT molecular complexity index is 363. The molecule has 1 aromatic carbocycles. The van der Waals surface area contributed by atoms with Crippen molar-refractivity contribution in [3.8, 4) is 0 Å². The third kappa shape index (κ3) is 5.94. The summed E-state index contributed by atoms with van der Waals surface area (Å²) in [5.41, 5.74) is 0.956. The molecule has 76 valence electrons.